The molecule has 41 heavy (non-hydrogen) atoms. The Balaban J connectivity index is 1.23. The van der Waals surface area contributed by atoms with Crippen LogP contribution in [0.2, 0.25) is 0 Å². The number of carbonyl (C=O) groups excluding carboxylic acids is 2. The number of benzene rings is 1. The Bertz CT molecular complexity index is 1250. The van der Waals surface area contributed by atoms with Gasteiger partial charge in [0.1, 0.15) is 5.00 Å². The average Bonchev–Trinajstić information content (AvgIpc) is 3.39. The first-order valence-corrected chi connectivity index (χ1v) is 14.6. The third-order valence-electron chi connectivity index (χ3n) is 8.07. The minimum Gasteiger partial charge on any atom is -0.465 e. The summed E-state index contributed by atoms with van der Waals surface area (Å²) in [5.41, 5.74) is -0.147. The zero-order valence-electron chi connectivity index (χ0n) is 22.5. The number of hydrogen-bond acceptors (Lipinski definition) is 6. The van der Waals surface area contributed by atoms with Crippen LogP contribution in [0.25, 0.3) is 10.4 Å². The van der Waals surface area contributed by atoms with Crippen molar-refractivity contribution >= 4 is 34.2 Å². The summed E-state index contributed by atoms with van der Waals surface area (Å²) in [7, 11) is 0. The SMILES string of the molecule is O=C(O)Nc1sc(-c2ccc(C(F)(F)F)cc2)cc1C(=O)N1CCC(N2CCC[C@@H](C(=O)N3CCOCC3)C2)CC1. The molecule has 0 bridgehead atoms. The van der Waals surface area contributed by atoms with E-state index in [0.29, 0.717) is 56.4 Å². The van der Waals surface area contributed by atoms with Crippen LogP contribution in [0, 0.1) is 5.92 Å². The summed E-state index contributed by atoms with van der Waals surface area (Å²) in [6, 6.07) is 6.35. The van der Waals surface area contributed by atoms with Crippen LogP contribution in [0.3, 0.4) is 0 Å². The Morgan fingerprint density at radius 1 is 0.951 bits per heavy atom. The molecule has 0 radical (unpaired) electrons. The number of anilines is 1. The fraction of sp³-hybridized carbons (Fsp3) is 0.536. The van der Waals surface area contributed by atoms with Crippen molar-refractivity contribution in [2.75, 3.05) is 57.8 Å². The summed E-state index contributed by atoms with van der Waals surface area (Å²) in [6.45, 7) is 5.03. The number of alkyl halides is 3. The number of hydrogen-bond donors (Lipinski definition) is 2. The Morgan fingerprint density at radius 3 is 2.27 bits per heavy atom. The highest BCUT2D eigenvalue weighted by molar-refractivity contribution is 7.20. The number of halogens is 3. The van der Waals surface area contributed by atoms with Gasteiger partial charge in [0.05, 0.1) is 30.3 Å². The molecular formula is C28H33F3N4O5S. The molecule has 13 heteroatoms. The molecule has 2 N–H and O–H groups in total. The second-order valence-corrected chi connectivity index (χ2v) is 11.7. The van der Waals surface area contributed by atoms with E-state index < -0.39 is 17.8 Å². The van der Waals surface area contributed by atoms with Crippen LogP contribution in [0.5, 0.6) is 0 Å². The maximum atomic E-state index is 13.5. The number of amides is 3. The van der Waals surface area contributed by atoms with Gasteiger partial charge in [-0.2, -0.15) is 13.2 Å². The van der Waals surface area contributed by atoms with E-state index in [9.17, 15) is 32.7 Å². The van der Waals surface area contributed by atoms with Crippen molar-refractivity contribution in [1.82, 2.24) is 14.7 Å². The largest absolute Gasteiger partial charge is 0.465 e. The van der Waals surface area contributed by atoms with Crippen molar-refractivity contribution in [3.63, 3.8) is 0 Å². The number of nitrogens with one attached hydrogen (secondary N) is 1. The lowest BCUT2D eigenvalue weighted by molar-refractivity contribution is -0.142. The van der Waals surface area contributed by atoms with Crippen LogP contribution in [0.1, 0.15) is 41.6 Å². The summed E-state index contributed by atoms with van der Waals surface area (Å²) in [5, 5.41) is 11.7. The van der Waals surface area contributed by atoms with Crippen LogP contribution >= 0.6 is 11.3 Å². The third kappa shape index (κ3) is 6.84. The summed E-state index contributed by atoms with van der Waals surface area (Å²) in [6.07, 6.45) is -2.49. The number of morpholine rings is 1. The number of thiophene rings is 1. The number of carboxylic acid groups (broad SMARTS) is 1. The lowest BCUT2D eigenvalue weighted by atomic mass is 9.92. The van der Waals surface area contributed by atoms with Gasteiger partial charge in [-0.25, -0.2) is 4.79 Å². The molecular weight excluding hydrogens is 561 g/mol. The molecule has 0 saturated carbocycles. The van der Waals surface area contributed by atoms with Gasteiger partial charge in [-0.05, 0) is 56.0 Å². The first-order chi connectivity index (χ1) is 19.6. The van der Waals surface area contributed by atoms with E-state index in [2.05, 4.69) is 10.2 Å². The highest BCUT2D eigenvalue weighted by Crippen LogP contribution is 2.38. The van der Waals surface area contributed by atoms with Gasteiger partial charge in [0.25, 0.3) is 5.91 Å². The second-order valence-electron chi connectivity index (χ2n) is 10.7. The van der Waals surface area contributed by atoms with Crippen molar-refractivity contribution in [1.29, 1.82) is 0 Å². The molecule has 2 aromatic rings. The van der Waals surface area contributed by atoms with E-state index in [0.717, 1.165) is 55.7 Å². The molecule has 3 saturated heterocycles. The van der Waals surface area contributed by atoms with Gasteiger partial charge < -0.3 is 19.6 Å². The van der Waals surface area contributed by atoms with Crippen LogP contribution in [0.4, 0.5) is 23.0 Å². The quantitative estimate of drug-likeness (QED) is 0.521. The molecule has 1 aromatic heterocycles. The summed E-state index contributed by atoms with van der Waals surface area (Å²) in [4.78, 5) is 44.4. The van der Waals surface area contributed by atoms with Crippen LogP contribution in [-0.2, 0) is 15.7 Å². The molecule has 3 aliphatic rings. The van der Waals surface area contributed by atoms with E-state index in [1.807, 2.05) is 4.90 Å². The number of ether oxygens (including phenoxy) is 1. The van der Waals surface area contributed by atoms with Gasteiger partial charge in [0.15, 0.2) is 0 Å². The van der Waals surface area contributed by atoms with Crippen LogP contribution in [-0.4, -0.2) is 96.2 Å². The first-order valence-electron chi connectivity index (χ1n) is 13.8. The zero-order valence-corrected chi connectivity index (χ0v) is 23.3. The molecule has 3 amide bonds. The highest BCUT2D eigenvalue weighted by Gasteiger charge is 2.35. The highest BCUT2D eigenvalue weighted by atomic mass is 32.1. The molecule has 5 rings (SSSR count). The molecule has 1 aromatic carbocycles. The fourth-order valence-corrected chi connectivity index (χ4v) is 6.94. The molecule has 0 unspecified atom stereocenters. The second kappa shape index (κ2) is 12.4. The maximum absolute atomic E-state index is 13.5. The van der Waals surface area contributed by atoms with Gasteiger partial charge in [-0.1, -0.05) is 12.1 Å². The minimum absolute atomic E-state index is 0.0272. The smallest absolute Gasteiger partial charge is 0.416 e. The van der Waals surface area contributed by atoms with Crippen molar-refractivity contribution in [2.45, 2.75) is 37.9 Å². The Kier molecular flexibility index (Phi) is 8.85. The normalized spacial score (nSPS) is 21.1. The number of carbonyl (C=O) groups is 3. The Morgan fingerprint density at radius 2 is 1.63 bits per heavy atom. The Hall–Kier alpha value is -3.16. The lowest BCUT2D eigenvalue weighted by Crippen LogP contribution is -2.53. The number of piperidine rings is 2. The maximum Gasteiger partial charge on any atom is 0.416 e. The number of nitrogens with zero attached hydrogens (tertiary/aromatic N) is 3. The van der Waals surface area contributed by atoms with Crippen molar-refractivity contribution in [3.8, 4) is 10.4 Å². The molecule has 0 spiro atoms. The number of likely N-dealkylation sites (tertiary alicyclic amines) is 2. The standard InChI is InChI=1S/C28H33F3N4O5S/c29-28(30,31)20-5-3-18(4-6-20)23-16-22(24(41-23)32-27(38)39)26(37)33-10-7-21(8-11-33)35-9-1-2-19(17-35)25(36)34-12-14-40-15-13-34/h3-6,16,19,21,32H,1-2,7-15,17H2,(H,38,39)/t19-/m1/s1. The molecule has 4 heterocycles. The third-order valence-corrected chi connectivity index (χ3v) is 9.17. The van der Waals surface area contributed by atoms with Gasteiger partial charge in [0, 0.05) is 43.6 Å². The van der Waals surface area contributed by atoms with E-state index >= 15 is 0 Å². The monoisotopic (exact) mass is 594 g/mol. The summed E-state index contributed by atoms with van der Waals surface area (Å²) < 4.78 is 44.3. The van der Waals surface area contributed by atoms with Crippen molar-refractivity contribution in [3.05, 3.63) is 41.5 Å². The van der Waals surface area contributed by atoms with E-state index in [1.165, 1.54) is 12.1 Å². The van der Waals surface area contributed by atoms with Crippen molar-refractivity contribution < 1.29 is 37.4 Å². The zero-order chi connectivity index (χ0) is 29.1. The topological polar surface area (TPSA) is 102 Å². The molecule has 3 fully saturated rings. The molecule has 222 valence electrons. The van der Waals surface area contributed by atoms with Gasteiger partial charge in [-0.3, -0.25) is 19.8 Å². The number of rotatable bonds is 5. The first kappa shape index (κ1) is 29.3. The van der Waals surface area contributed by atoms with E-state index in [4.69, 9.17) is 4.74 Å². The van der Waals surface area contributed by atoms with Gasteiger partial charge >= 0.3 is 12.3 Å². The molecule has 3 aliphatic heterocycles. The van der Waals surface area contributed by atoms with Crippen molar-refractivity contribution in [2.24, 2.45) is 5.92 Å². The van der Waals surface area contributed by atoms with Gasteiger partial charge in [0.2, 0.25) is 5.91 Å². The molecule has 1 atom stereocenters. The lowest BCUT2D eigenvalue weighted by Gasteiger charge is -2.43. The predicted molar refractivity (Wildman–Crippen MR) is 147 cm³/mol. The minimum atomic E-state index is -4.47. The van der Waals surface area contributed by atoms with Crippen LogP contribution in [0.15, 0.2) is 30.3 Å². The molecule has 9 nitrogen and oxygen atoms in total. The Labute approximate surface area is 239 Å². The molecule has 0 aliphatic carbocycles. The predicted octanol–water partition coefficient (Wildman–Crippen LogP) is 4.70. The fourth-order valence-electron chi connectivity index (χ4n) is 5.89. The summed E-state index contributed by atoms with van der Waals surface area (Å²) >= 11 is 1.01. The van der Waals surface area contributed by atoms with Gasteiger partial charge in [-0.15, -0.1) is 11.3 Å². The van der Waals surface area contributed by atoms with E-state index in [1.54, 1.807) is 11.0 Å². The average molecular weight is 595 g/mol. The van der Waals surface area contributed by atoms with E-state index in [-0.39, 0.29) is 34.3 Å². The van der Waals surface area contributed by atoms with Crippen LogP contribution < -0.4 is 5.32 Å². The summed E-state index contributed by atoms with van der Waals surface area (Å²) in [5.74, 6) is -0.147.